The number of hydrogen-bond donors (Lipinski definition) is 1. The summed E-state index contributed by atoms with van der Waals surface area (Å²) < 4.78 is 27.6. The Kier molecular flexibility index (Phi) is 3.44. The molecule has 118 valence electrons. The molecule has 2 aromatic heterocycles. The smallest absolute Gasteiger partial charge is 0.143 e. The highest BCUT2D eigenvalue weighted by atomic mass is 19.1. The molecule has 0 unspecified atom stereocenters. The number of nitrogens with zero attached hydrogens (tertiary/aromatic N) is 3. The maximum atomic E-state index is 14.2. The Morgan fingerprint density at radius 1 is 1.09 bits per heavy atom. The van der Waals surface area contributed by atoms with E-state index in [1.54, 1.807) is 24.4 Å². The topological polar surface area (TPSA) is 44.8 Å². The standard InChI is InChI=1S/C17H16F2N4/c18-11-5-7-23(8-6-11)17-15-13(9-20-16(15)21-10-22-17)12-3-1-2-4-14(12)19/h1-4,9-11H,5-8H2,(H,20,21,22). The van der Waals surface area contributed by atoms with Crippen LogP contribution in [0.2, 0.25) is 0 Å². The Balaban J connectivity index is 1.86. The number of nitrogens with one attached hydrogen (secondary N) is 1. The molecule has 1 aromatic carbocycles. The van der Waals surface area contributed by atoms with E-state index in [-0.39, 0.29) is 5.82 Å². The molecule has 0 radical (unpaired) electrons. The lowest BCUT2D eigenvalue weighted by Gasteiger charge is -2.30. The minimum absolute atomic E-state index is 0.286. The fraction of sp³-hybridized carbons (Fsp3) is 0.294. The molecule has 0 bridgehead atoms. The maximum Gasteiger partial charge on any atom is 0.143 e. The summed E-state index contributed by atoms with van der Waals surface area (Å²) in [5.41, 5.74) is 1.90. The van der Waals surface area contributed by atoms with Gasteiger partial charge in [0.15, 0.2) is 0 Å². The van der Waals surface area contributed by atoms with Gasteiger partial charge in [0.1, 0.15) is 29.8 Å². The molecule has 1 fully saturated rings. The fourth-order valence-corrected chi connectivity index (χ4v) is 3.14. The molecule has 0 saturated carbocycles. The normalized spacial score (nSPS) is 16.2. The lowest BCUT2D eigenvalue weighted by molar-refractivity contribution is 0.277. The highest BCUT2D eigenvalue weighted by Crippen LogP contribution is 2.35. The summed E-state index contributed by atoms with van der Waals surface area (Å²) in [5, 5.41) is 0.787. The number of H-pyrrole nitrogens is 1. The van der Waals surface area contributed by atoms with Crippen LogP contribution in [0.1, 0.15) is 12.8 Å². The van der Waals surface area contributed by atoms with Crippen molar-refractivity contribution in [2.45, 2.75) is 19.0 Å². The molecule has 3 aromatic rings. The minimum Gasteiger partial charge on any atom is -0.356 e. The van der Waals surface area contributed by atoms with Crippen LogP contribution in [0.25, 0.3) is 22.2 Å². The van der Waals surface area contributed by atoms with Crippen molar-refractivity contribution in [2.24, 2.45) is 0 Å². The molecule has 1 N–H and O–H groups in total. The summed E-state index contributed by atoms with van der Waals surface area (Å²) >= 11 is 0. The van der Waals surface area contributed by atoms with Crippen LogP contribution in [-0.2, 0) is 0 Å². The monoisotopic (exact) mass is 314 g/mol. The van der Waals surface area contributed by atoms with E-state index in [2.05, 4.69) is 19.9 Å². The Bertz CT molecular complexity index is 837. The van der Waals surface area contributed by atoms with Gasteiger partial charge >= 0.3 is 0 Å². The van der Waals surface area contributed by atoms with Gasteiger partial charge < -0.3 is 9.88 Å². The minimum atomic E-state index is -0.749. The number of piperidine rings is 1. The van der Waals surface area contributed by atoms with Crippen molar-refractivity contribution in [1.82, 2.24) is 15.0 Å². The van der Waals surface area contributed by atoms with Gasteiger partial charge in [-0.25, -0.2) is 18.7 Å². The van der Waals surface area contributed by atoms with Crippen molar-refractivity contribution in [2.75, 3.05) is 18.0 Å². The van der Waals surface area contributed by atoms with E-state index in [9.17, 15) is 8.78 Å². The number of hydrogen-bond acceptors (Lipinski definition) is 3. The maximum absolute atomic E-state index is 14.2. The summed E-state index contributed by atoms with van der Waals surface area (Å²) in [6, 6.07) is 6.64. The van der Waals surface area contributed by atoms with E-state index in [0.29, 0.717) is 37.1 Å². The second kappa shape index (κ2) is 5.61. The van der Waals surface area contributed by atoms with Gasteiger partial charge in [-0.05, 0) is 18.9 Å². The van der Waals surface area contributed by atoms with Crippen LogP contribution in [-0.4, -0.2) is 34.2 Å². The average Bonchev–Trinajstić information content (AvgIpc) is 3.00. The SMILES string of the molecule is Fc1ccccc1-c1c[nH]c2ncnc(N3CCC(F)CC3)c12. The molecule has 1 saturated heterocycles. The fourth-order valence-electron chi connectivity index (χ4n) is 3.14. The molecular formula is C17H16F2N4. The Hall–Kier alpha value is -2.50. The summed E-state index contributed by atoms with van der Waals surface area (Å²) in [5.74, 6) is 0.451. The molecule has 3 heterocycles. The number of halogens is 2. The number of benzene rings is 1. The van der Waals surface area contributed by atoms with E-state index in [4.69, 9.17) is 0 Å². The van der Waals surface area contributed by atoms with Crippen molar-refractivity contribution in [3.05, 3.63) is 42.6 Å². The third-order valence-electron chi connectivity index (χ3n) is 4.34. The number of aromatic amines is 1. The summed E-state index contributed by atoms with van der Waals surface area (Å²) in [4.78, 5) is 13.8. The zero-order valence-electron chi connectivity index (χ0n) is 12.5. The van der Waals surface area contributed by atoms with Gasteiger partial charge in [-0.3, -0.25) is 0 Å². The van der Waals surface area contributed by atoms with E-state index in [0.717, 1.165) is 16.8 Å². The molecule has 0 spiro atoms. The molecule has 0 aliphatic carbocycles. The lowest BCUT2D eigenvalue weighted by Crippen LogP contribution is -2.35. The average molecular weight is 314 g/mol. The molecule has 1 aliphatic heterocycles. The zero-order chi connectivity index (χ0) is 15.8. The third-order valence-corrected chi connectivity index (χ3v) is 4.34. The van der Waals surface area contributed by atoms with Crippen molar-refractivity contribution in [3.8, 4) is 11.1 Å². The van der Waals surface area contributed by atoms with Crippen molar-refractivity contribution in [3.63, 3.8) is 0 Å². The van der Waals surface area contributed by atoms with Crippen LogP contribution in [0.3, 0.4) is 0 Å². The largest absolute Gasteiger partial charge is 0.356 e. The first-order valence-corrected chi connectivity index (χ1v) is 7.70. The zero-order valence-corrected chi connectivity index (χ0v) is 12.5. The van der Waals surface area contributed by atoms with Crippen LogP contribution < -0.4 is 4.90 Å². The van der Waals surface area contributed by atoms with Gasteiger partial charge in [-0.15, -0.1) is 0 Å². The Morgan fingerprint density at radius 2 is 1.87 bits per heavy atom. The second-order valence-electron chi connectivity index (χ2n) is 5.76. The number of aromatic nitrogens is 3. The summed E-state index contributed by atoms with van der Waals surface area (Å²) in [7, 11) is 0. The van der Waals surface area contributed by atoms with Gasteiger partial charge in [-0.2, -0.15) is 0 Å². The first-order valence-electron chi connectivity index (χ1n) is 7.70. The van der Waals surface area contributed by atoms with E-state index >= 15 is 0 Å². The molecule has 4 nitrogen and oxygen atoms in total. The molecule has 23 heavy (non-hydrogen) atoms. The van der Waals surface area contributed by atoms with Crippen LogP contribution in [0.15, 0.2) is 36.8 Å². The van der Waals surface area contributed by atoms with E-state index < -0.39 is 6.17 Å². The predicted molar refractivity (Wildman–Crippen MR) is 85.6 cm³/mol. The third kappa shape index (κ3) is 2.44. The van der Waals surface area contributed by atoms with Gasteiger partial charge in [0.25, 0.3) is 0 Å². The molecular weight excluding hydrogens is 298 g/mol. The Labute approximate surface area is 132 Å². The first-order chi connectivity index (χ1) is 11.2. The van der Waals surface area contributed by atoms with Crippen molar-refractivity contribution in [1.29, 1.82) is 0 Å². The molecule has 4 rings (SSSR count). The lowest BCUT2D eigenvalue weighted by atomic mass is 10.0. The van der Waals surface area contributed by atoms with Crippen LogP contribution in [0, 0.1) is 5.82 Å². The van der Waals surface area contributed by atoms with Gasteiger partial charge in [0.05, 0.1) is 5.39 Å². The molecule has 0 amide bonds. The number of fused-ring (bicyclic) bond motifs is 1. The van der Waals surface area contributed by atoms with Gasteiger partial charge in [0.2, 0.25) is 0 Å². The highest BCUT2D eigenvalue weighted by molar-refractivity contribution is 6.01. The van der Waals surface area contributed by atoms with Crippen molar-refractivity contribution >= 4 is 16.9 Å². The van der Waals surface area contributed by atoms with E-state index in [1.165, 1.54) is 12.4 Å². The number of rotatable bonds is 2. The predicted octanol–water partition coefficient (Wildman–Crippen LogP) is 3.70. The van der Waals surface area contributed by atoms with Crippen LogP contribution in [0.4, 0.5) is 14.6 Å². The summed E-state index contributed by atoms with van der Waals surface area (Å²) in [6.07, 6.45) is 3.47. The highest BCUT2D eigenvalue weighted by Gasteiger charge is 2.23. The molecule has 6 heteroatoms. The Morgan fingerprint density at radius 3 is 2.65 bits per heavy atom. The first kappa shape index (κ1) is 14.1. The molecule has 1 aliphatic rings. The number of anilines is 1. The van der Waals surface area contributed by atoms with Gasteiger partial charge in [0, 0.05) is 30.4 Å². The number of alkyl halides is 1. The quantitative estimate of drug-likeness (QED) is 0.784. The van der Waals surface area contributed by atoms with E-state index in [1.807, 2.05) is 0 Å². The molecule has 0 atom stereocenters. The van der Waals surface area contributed by atoms with Gasteiger partial charge in [-0.1, -0.05) is 18.2 Å². The van der Waals surface area contributed by atoms with Crippen LogP contribution in [0.5, 0.6) is 0 Å². The second-order valence-corrected chi connectivity index (χ2v) is 5.76. The van der Waals surface area contributed by atoms with Crippen LogP contribution >= 0.6 is 0 Å². The summed E-state index contributed by atoms with van der Waals surface area (Å²) in [6.45, 7) is 1.21. The van der Waals surface area contributed by atoms with Crippen molar-refractivity contribution < 1.29 is 8.78 Å².